The summed E-state index contributed by atoms with van der Waals surface area (Å²) in [6, 6.07) is 6.66. The number of hydrogen-bond acceptors (Lipinski definition) is 3. The summed E-state index contributed by atoms with van der Waals surface area (Å²) in [5.41, 5.74) is 15.2. The molecule has 0 bridgehead atoms. The second-order valence-electron chi connectivity index (χ2n) is 3.50. The van der Waals surface area contributed by atoms with Crippen LogP contribution in [0.5, 0.6) is 0 Å². The number of carboxylic acid groups (broad SMARTS) is 1. The molecule has 0 saturated carbocycles. The Morgan fingerprint density at radius 3 is 2.61 bits per heavy atom. The first-order valence-electron chi connectivity index (χ1n) is 5.30. The van der Waals surface area contributed by atoms with E-state index in [-0.39, 0.29) is 6.42 Å². The maximum absolute atomic E-state index is 10.3. The lowest BCUT2D eigenvalue weighted by molar-refractivity contribution is -0.137. The van der Waals surface area contributed by atoms with Gasteiger partial charge in [0.05, 0.1) is 0 Å². The Balaban J connectivity index is 2.60. The van der Waals surface area contributed by atoms with Gasteiger partial charge in [0.15, 0.2) is 0 Å². The molecule has 0 fully saturated rings. The smallest absolute Gasteiger partial charge is 0.303 e. The van der Waals surface area contributed by atoms with Crippen molar-refractivity contribution in [1.29, 1.82) is 0 Å². The number of carbonyl (C=O) groups is 1. The quantitative estimate of drug-likeness (QED) is 0.200. The Morgan fingerprint density at radius 2 is 2.06 bits per heavy atom. The highest BCUT2D eigenvalue weighted by Crippen LogP contribution is 2.12. The maximum Gasteiger partial charge on any atom is 0.303 e. The predicted octanol–water partition coefficient (Wildman–Crippen LogP) is 2.20. The van der Waals surface area contributed by atoms with E-state index in [2.05, 4.69) is 15.0 Å². The summed E-state index contributed by atoms with van der Waals surface area (Å²) in [5, 5.41) is 11.9. The van der Waals surface area contributed by atoms with Crippen LogP contribution in [0.1, 0.15) is 18.4 Å². The van der Waals surface area contributed by atoms with E-state index in [9.17, 15) is 4.79 Å². The van der Waals surface area contributed by atoms with Crippen molar-refractivity contribution in [2.45, 2.75) is 12.8 Å². The van der Waals surface area contributed by atoms with E-state index >= 15 is 0 Å². The normalized spacial score (nSPS) is 10.8. The molecule has 0 amide bonds. The Morgan fingerprint density at radius 1 is 1.39 bits per heavy atom. The van der Waals surface area contributed by atoms with E-state index in [0.29, 0.717) is 30.1 Å². The van der Waals surface area contributed by atoms with E-state index in [1.165, 1.54) is 0 Å². The number of nitrogens with zero attached hydrogens (tertiary/aromatic N) is 4. The summed E-state index contributed by atoms with van der Waals surface area (Å²) >= 11 is 0. The van der Waals surface area contributed by atoms with Crippen LogP contribution in [-0.2, 0) is 4.79 Å². The third-order valence-electron chi connectivity index (χ3n) is 2.15. The molecule has 0 aliphatic heterocycles. The van der Waals surface area contributed by atoms with E-state index in [1.54, 1.807) is 24.3 Å². The van der Waals surface area contributed by atoms with Crippen molar-refractivity contribution >= 4 is 17.5 Å². The Hall–Kier alpha value is -2.53. The number of carboxylic acids is 1. The second-order valence-corrected chi connectivity index (χ2v) is 3.50. The number of hydrogen-bond donors (Lipinski definition) is 2. The fourth-order valence-electron chi connectivity index (χ4n) is 1.27. The lowest BCUT2D eigenvalue weighted by atomic mass is 10.2. The molecule has 1 aromatic rings. The molecule has 0 aromatic heterocycles. The van der Waals surface area contributed by atoms with E-state index < -0.39 is 5.97 Å². The summed E-state index contributed by atoms with van der Waals surface area (Å²) in [7, 11) is 0. The topological polar surface area (TPSA) is 124 Å². The SMILES string of the molecule is [N-]=[N+]=Nc1ccc(C(N)=NCCCC(=O)O)cc1. The van der Waals surface area contributed by atoms with Crippen molar-refractivity contribution in [2.24, 2.45) is 15.8 Å². The fraction of sp³-hybridized carbons (Fsp3) is 0.273. The number of benzene rings is 1. The molecule has 0 aliphatic carbocycles. The van der Waals surface area contributed by atoms with Crippen LogP contribution in [0.4, 0.5) is 5.69 Å². The van der Waals surface area contributed by atoms with Gasteiger partial charge in [-0.15, -0.1) is 0 Å². The summed E-state index contributed by atoms with van der Waals surface area (Å²) < 4.78 is 0. The third-order valence-corrected chi connectivity index (χ3v) is 2.15. The van der Waals surface area contributed by atoms with Crippen LogP contribution < -0.4 is 5.73 Å². The van der Waals surface area contributed by atoms with Gasteiger partial charge in [-0.2, -0.15) is 0 Å². The molecular weight excluding hydrogens is 234 g/mol. The zero-order valence-corrected chi connectivity index (χ0v) is 9.65. The van der Waals surface area contributed by atoms with Crippen molar-refractivity contribution in [2.75, 3.05) is 6.54 Å². The Kier molecular flexibility index (Phi) is 5.21. The first-order valence-corrected chi connectivity index (χ1v) is 5.30. The van der Waals surface area contributed by atoms with Crippen LogP contribution in [0.25, 0.3) is 10.4 Å². The molecule has 0 aliphatic rings. The van der Waals surface area contributed by atoms with E-state index in [0.717, 1.165) is 0 Å². The first kappa shape index (κ1) is 13.5. The van der Waals surface area contributed by atoms with E-state index in [1.807, 2.05) is 0 Å². The van der Waals surface area contributed by atoms with Crippen molar-refractivity contribution in [1.82, 2.24) is 0 Å². The Labute approximate surface area is 104 Å². The number of aliphatic carboxylic acids is 1. The molecule has 0 saturated heterocycles. The summed E-state index contributed by atoms with van der Waals surface area (Å²) in [6.45, 7) is 0.371. The lowest BCUT2D eigenvalue weighted by Gasteiger charge is -2.01. The van der Waals surface area contributed by atoms with Crippen LogP contribution in [0, 0.1) is 0 Å². The molecule has 1 rings (SSSR count). The van der Waals surface area contributed by atoms with E-state index in [4.69, 9.17) is 16.4 Å². The highest BCUT2D eigenvalue weighted by atomic mass is 16.4. The monoisotopic (exact) mass is 247 g/mol. The maximum atomic E-state index is 10.3. The van der Waals surface area contributed by atoms with Crippen LogP contribution in [0.3, 0.4) is 0 Å². The molecule has 7 nitrogen and oxygen atoms in total. The first-order chi connectivity index (χ1) is 8.63. The van der Waals surface area contributed by atoms with Gasteiger partial charge in [-0.25, -0.2) is 0 Å². The molecule has 7 heteroatoms. The molecule has 0 heterocycles. The molecule has 0 spiro atoms. The Bertz CT molecular complexity index is 489. The highest BCUT2D eigenvalue weighted by molar-refractivity contribution is 5.97. The van der Waals surface area contributed by atoms with Crippen LogP contribution >= 0.6 is 0 Å². The summed E-state index contributed by atoms with van der Waals surface area (Å²) in [6.07, 6.45) is 0.527. The number of rotatable bonds is 6. The molecule has 18 heavy (non-hydrogen) atoms. The summed E-state index contributed by atoms with van der Waals surface area (Å²) in [5.74, 6) is -0.504. The fourth-order valence-corrected chi connectivity index (χ4v) is 1.27. The summed E-state index contributed by atoms with van der Waals surface area (Å²) in [4.78, 5) is 17.0. The van der Waals surface area contributed by atoms with Gasteiger partial charge >= 0.3 is 5.97 Å². The molecule has 0 atom stereocenters. The molecular formula is C11H13N5O2. The molecule has 0 radical (unpaired) electrons. The van der Waals surface area contributed by atoms with Gasteiger partial charge in [-0.3, -0.25) is 9.79 Å². The van der Waals surface area contributed by atoms with Crippen molar-refractivity contribution in [3.8, 4) is 0 Å². The zero-order chi connectivity index (χ0) is 13.4. The minimum absolute atomic E-state index is 0.0760. The highest BCUT2D eigenvalue weighted by Gasteiger charge is 1.99. The number of aliphatic imine (C=N–C) groups is 1. The lowest BCUT2D eigenvalue weighted by Crippen LogP contribution is -2.14. The minimum Gasteiger partial charge on any atom is -0.481 e. The van der Waals surface area contributed by atoms with Gasteiger partial charge in [-0.1, -0.05) is 29.4 Å². The molecule has 1 aromatic carbocycles. The average molecular weight is 247 g/mol. The van der Waals surface area contributed by atoms with Crippen molar-refractivity contribution < 1.29 is 9.90 Å². The third kappa shape index (κ3) is 4.54. The van der Waals surface area contributed by atoms with Crippen LogP contribution in [-0.4, -0.2) is 23.5 Å². The van der Waals surface area contributed by atoms with Crippen molar-refractivity contribution in [3.05, 3.63) is 40.3 Å². The largest absolute Gasteiger partial charge is 0.481 e. The second kappa shape index (κ2) is 6.93. The van der Waals surface area contributed by atoms with Crippen LogP contribution in [0.2, 0.25) is 0 Å². The average Bonchev–Trinajstić information content (AvgIpc) is 2.35. The minimum atomic E-state index is -0.845. The number of nitrogens with two attached hydrogens (primary N) is 1. The molecule has 0 unspecified atom stereocenters. The van der Waals surface area contributed by atoms with Crippen molar-refractivity contribution in [3.63, 3.8) is 0 Å². The number of azide groups is 1. The van der Waals surface area contributed by atoms with Gasteiger partial charge < -0.3 is 10.8 Å². The number of amidine groups is 1. The van der Waals surface area contributed by atoms with Gasteiger partial charge in [0, 0.05) is 29.1 Å². The van der Waals surface area contributed by atoms with Crippen LogP contribution in [0.15, 0.2) is 34.4 Å². The van der Waals surface area contributed by atoms with Gasteiger partial charge in [-0.05, 0) is 12.0 Å². The standard InChI is InChI=1S/C11H13N5O2/c12-11(14-7-1-2-10(17)18)8-3-5-9(6-4-8)15-16-13/h3-6H,1-2,7H2,(H2,12,14)(H,17,18). The van der Waals surface area contributed by atoms with Gasteiger partial charge in [0.1, 0.15) is 5.84 Å². The molecule has 3 N–H and O–H groups in total. The molecule has 94 valence electrons. The predicted molar refractivity (Wildman–Crippen MR) is 67.7 cm³/mol. The zero-order valence-electron chi connectivity index (χ0n) is 9.65. The van der Waals surface area contributed by atoms with Gasteiger partial charge in [0.2, 0.25) is 0 Å². The van der Waals surface area contributed by atoms with Gasteiger partial charge in [0.25, 0.3) is 0 Å².